The van der Waals surface area contributed by atoms with E-state index in [0.29, 0.717) is 24.2 Å². The highest BCUT2D eigenvalue weighted by Crippen LogP contribution is 2.15. The number of amides is 1. The smallest absolute Gasteiger partial charge is 0.254 e. The lowest BCUT2D eigenvalue weighted by atomic mass is 9.94. The summed E-state index contributed by atoms with van der Waals surface area (Å²) in [6.07, 6.45) is 5.90. The molecule has 86 valence electrons. The lowest BCUT2D eigenvalue weighted by Gasteiger charge is -2.21. The van der Waals surface area contributed by atoms with Crippen molar-refractivity contribution in [3.05, 3.63) is 18.0 Å². The fourth-order valence-corrected chi connectivity index (χ4v) is 1.89. The average Bonchev–Trinajstić information content (AvgIpc) is 2.68. The van der Waals surface area contributed by atoms with Gasteiger partial charge >= 0.3 is 0 Å². The summed E-state index contributed by atoms with van der Waals surface area (Å²) in [5.74, 6) is 0.194. The molecule has 0 saturated heterocycles. The minimum atomic E-state index is -0.104. The van der Waals surface area contributed by atoms with Crippen molar-refractivity contribution in [1.29, 1.82) is 0 Å². The van der Waals surface area contributed by atoms with E-state index >= 15 is 0 Å². The summed E-state index contributed by atoms with van der Waals surface area (Å²) in [6, 6.07) is 0.130. The molecule has 0 bridgehead atoms. The summed E-state index contributed by atoms with van der Waals surface area (Å²) in [4.78, 5) is 22.8. The number of Topliss-reactive ketones (excluding diaryl/α,β-unsaturated/α-hetero) is 1. The van der Waals surface area contributed by atoms with Gasteiger partial charge in [0.2, 0.25) is 0 Å². The highest BCUT2D eigenvalue weighted by Gasteiger charge is 2.20. The number of hydrogen-bond donors (Lipinski definition) is 1. The highest BCUT2D eigenvalue weighted by molar-refractivity contribution is 5.94. The zero-order valence-electron chi connectivity index (χ0n) is 9.27. The van der Waals surface area contributed by atoms with Gasteiger partial charge in [-0.25, -0.2) is 0 Å². The monoisotopic (exact) mass is 221 g/mol. The van der Waals surface area contributed by atoms with Gasteiger partial charge in [-0.1, -0.05) is 0 Å². The predicted octanol–water partition coefficient (Wildman–Crippen LogP) is 0.662. The molecule has 1 heterocycles. The Balaban J connectivity index is 1.90. The van der Waals surface area contributed by atoms with Gasteiger partial charge in [-0.2, -0.15) is 5.10 Å². The van der Waals surface area contributed by atoms with Crippen molar-refractivity contribution >= 4 is 11.7 Å². The highest BCUT2D eigenvalue weighted by atomic mass is 16.2. The van der Waals surface area contributed by atoms with E-state index in [0.717, 1.165) is 12.8 Å². The molecule has 1 amide bonds. The van der Waals surface area contributed by atoms with E-state index in [1.165, 1.54) is 0 Å². The van der Waals surface area contributed by atoms with Gasteiger partial charge in [0, 0.05) is 32.1 Å². The van der Waals surface area contributed by atoms with Crippen LogP contribution in [0.4, 0.5) is 0 Å². The maximum absolute atomic E-state index is 11.8. The molecule has 1 aromatic rings. The van der Waals surface area contributed by atoms with Crippen LogP contribution in [0.15, 0.2) is 12.4 Å². The number of rotatable bonds is 2. The van der Waals surface area contributed by atoms with E-state index in [9.17, 15) is 9.59 Å². The summed E-state index contributed by atoms with van der Waals surface area (Å²) >= 11 is 0. The first-order valence-electron chi connectivity index (χ1n) is 5.46. The van der Waals surface area contributed by atoms with Crippen LogP contribution in [0.1, 0.15) is 36.0 Å². The van der Waals surface area contributed by atoms with Crippen molar-refractivity contribution in [2.75, 3.05) is 0 Å². The van der Waals surface area contributed by atoms with Crippen LogP contribution in [0.25, 0.3) is 0 Å². The van der Waals surface area contributed by atoms with Crippen molar-refractivity contribution < 1.29 is 9.59 Å². The molecular formula is C11H15N3O2. The Morgan fingerprint density at radius 2 is 2.19 bits per heavy atom. The van der Waals surface area contributed by atoms with Gasteiger partial charge < -0.3 is 5.32 Å². The van der Waals surface area contributed by atoms with Crippen LogP contribution in [-0.2, 0) is 11.8 Å². The van der Waals surface area contributed by atoms with Crippen LogP contribution in [0.2, 0.25) is 0 Å². The van der Waals surface area contributed by atoms with E-state index in [1.54, 1.807) is 24.1 Å². The van der Waals surface area contributed by atoms with Crippen molar-refractivity contribution in [1.82, 2.24) is 15.1 Å². The van der Waals surface area contributed by atoms with Crippen molar-refractivity contribution in [2.24, 2.45) is 7.05 Å². The van der Waals surface area contributed by atoms with Gasteiger partial charge in [0.25, 0.3) is 5.91 Å². The molecule has 2 rings (SSSR count). The van der Waals surface area contributed by atoms with Crippen molar-refractivity contribution in [3.63, 3.8) is 0 Å². The molecule has 0 radical (unpaired) electrons. The molecule has 16 heavy (non-hydrogen) atoms. The molecule has 5 nitrogen and oxygen atoms in total. The Morgan fingerprint density at radius 3 is 2.75 bits per heavy atom. The minimum absolute atomic E-state index is 0.104. The van der Waals surface area contributed by atoms with Gasteiger partial charge in [0.05, 0.1) is 11.8 Å². The Kier molecular flexibility index (Phi) is 3.03. The Hall–Kier alpha value is -1.65. The van der Waals surface area contributed by atoms with E-state index in [2.05, 4.69) is 10.4 Å². The first kappa shape index (κ1) is 10.9. The van der Waals surface area contributed by atoms with Crippen LogP contribution in [0.3, 0.4) is 0 Å². The summed E-state index contributed by atoms with van der Waals surface area (Å²) < 4.78 is 1.60. The minimum Gasteiger partial charge on any atom is -0.349 e. The van der Waals surface area contributed by atoms with Crippen LogP contribution in [-0.4, -0.2) is 27.5 Å². The Labute approximate surface area is 93.8 Å². The fraction of sp³-hybridized carbons (Fsp3) is 0.545. The van der Waals surface area contributed by atoms with Crippen LogP contribution < -0.4 is 5.32 Å². The van der Waals surface area contributed by atoms with Crippen LogP contribution in [0.5, 0.6) is 0 Å². The zero-order valence-corrected chi connectivity index (χ0v) is 9.27. The number of carbonyl (C=O) groups is 2. The summed E-state index contributed by atoms with van der Waals surface area (Å²) in [6.45, 7) is 0. The number of aromatic nitrogens is 2. The zero-order chi connectivity index (χ0) is 11.5. The molecule has 0 unspecified atom stereocenters. The third kappa shape index (κ3) is 2.48. The number of nitrogens with zero attached hydrogens (tertiary/aromatic N) is 2. The molecular weight excluding hydrogens is 206 g/mol. The second kappa shape index (κ2) is 4.47. The Bertz CT molecular complexity index is 401. The van der Waals surface area contributed by atoms with Crippen LogP contribution in [0, 0.1) is 0 Å². The van der Waals surface area contributed by atoms with Crippen LogP contribution >= 0.6 is 0 Å². The van der Waals surface area contributed by atoms with E-state index in [4.69, 9.17) is 0 Å². The first-order chi connectivity index (χ1) is 7.65. The first-order valence-corrected chi connectivity index (χ1v) is 5.46. The third-order valence-electron chi connectivity index (χ3n) is 2.85. The molecule has 1 aromatic heterocycles. The standard InChI is InChI=1S/C11H15N3O2/c1-14-7-8(6-12-14)11(16)13-9-2-4-10(15)5-3-9/h6-7,9H,2-5H2,1H3,(H,13,16). The molecule has 1 aliphatic carbocycles. The lowest BCUT2D eigenvalue weighted by molar-refractivity contribution is -0.120. The summed E-state index contributed by atoms with van der Waals surface area (Å²) in [5.41, 5.74) is 0.569. The molecule has 1 aliphatic rings. The number of ketones is 1. The Morgan fingerprint density at radius 1 is 1.50 bits per heavy atom. The van der Waals surface area contributed by atoms with Gasteiger partial charge in [-0.3, -0.25) is 14.3 Å². The molecule has 0 spiro atoms. The second-order valence-electron chi connectivity index (χ2n) is 4.19. The van der Waals surface area contributed by atoms with Gasteiger partial charge in [-0.05, 0) is 12.8 Å². The van der Waals surface area contributed by atoms with E-state index < -0.39 is 0 Å². The lowest BCUT2D eigenvalue weighted by Crippen LogP contribution is -2.37. The number of hydrogen-bond acceptors (Lipinski definition) is 3. The number of carbonyl (C=O) groups excluding carboxylic acids is 2. The largest absolute Gasteiger partial charge is 0.349 e. The quantitative estimate of drug-likeness (QED) is 0.798. The SMILES string of the molecule is Cn1cc(C(=O)NC2CCC(=O)CC2)cn1. The second-order valence-corrected chi connectivity index (χ2v) is 4.19. The maximum Gasteiger partial charge on any atom is 0.254 e. The number of nitrogens with one attached hydrogen (secondary N) is 1. The van der Waals surface area contributed by atoms with Gasteiger partial charge in [0.1, 0.15) is 5.78 Å². The molecule has 0 aromatic carbocycles. The van der Waals surface area contributed by atoms with E-state index in [-0.39, 0.29) is 11.9 Å². The van der Waals surface area contributed by atoms with Gasteiger partial charge in [-0.15, -0.1) is 0 Å². The molecule has 5 heteroatoms. The van der Waals surface area contributed by atoms with Gasteiger partial charge in [0.15, 0.2) is 0 Å². The summed E-state index contributed by atoms with van der Waals surface area (Å²) in [7, 11) is 1.77. The molecule has 1 N–H and O–H groups in total. The predicted molar refractivity (Wildman–Crippen MR) is 57.9 cm³/mol. The fourth-order valence-electron chi connectivity index (χ4n) is 1.89. The average molecular weight is 221 g/mol. The molecule has 0 aliphatic heterocycles. The summed E-state index contributed by atoms with van der Waals surface area (Å²) in [5, 5.41) is 6.87. The normalized spacial score (nSPS) is 17.4. The molecule has 0 atom stereocenters. The van der Waals surface area contributed by atoms with Crippen molar-refractivity contribution in [3.8, 4) is 0 Å². The molecule has 1 fully saturated rings. The third-order valence-corrected chi connectivity index (χ3v) is 2.85. The van der Waals surface area contributed by atoms with Crippen molar-refractivity contribution in [2.45, 2.75) is 31.7 Å². The molecule has 1 saturated carbocycles. The number of aryl methyl sites for hydroxylation is 1. The van der Waals surface area contributed by atoms with E-state index in [1.807, 2.05) is 0 Å². The topological polar surface area (TPSA) is 64.0 Å². The maximum atomic E-state index is 11.8.